The molecule has 25 heavy (non-hydrogen) atoms. The number of halogens is 1. The lowest BCUT2D eigenvalue weighted by atomic mass is 9.94. The number of hydrogen-bond donors (Lipinski definition) is 1. The third kappa shape index (κ3) is 3.72. The average molecular weight is 356 g/mol. The van der Waals surface area contributed by atoms with Crippen molar-refractivity contribution in [1.82, 2.24) is 14.7 Å². The first kappa shape index (κ1) is 17.2. The fraction of sp³-hybridized carbons (Fsp3) is 0.211. The minimum atomic E-state index is -0.579. The Morgan fingerprint density at radius 3 is 2.68 bits per heavy atom. The second-order valence-electron chi connectivity index (χ2n) is 6.51. The first-order valence-electron chi connectivity index (χ1n) is 7.90. The summed E-state index contributed by atoms with van der Waals surface area (Å²) in [6.07, 6.45) is 3.45. The Morgan fingerprint density at radius 2 is 1.92 bits per heavy atom. The van der Waals surface area contributed by atoms with Crippen LogP contribution in [-0.2, 0) is 6.42 Å². The molecule has 0 fully saturated rings. The lowest BCUT2D eigenvalue weighted by Gasteiger charge is -2.26. The molecule has 0 spiro atoms. The molecule has 3 rings (SSSR count). The van der Waals surface area contributed by atoms with Gasteiger partial charge in [0, 0.05) is 23.0 Å². The number of carbonyl (C=O) groups is 1. The second-order valence-corrected chi connectivity index (χ2v) is 6.92. The van der Waals surface area contributed by atoms with E-state index in [-0.39, 0.29) is 5.56 Å². The Labute approximate surface area is 150 Å². The standard InChI is InChI=1S/C19H18ClN3O2/c1-19(2,11-13-7-3-4-8-15(13)20)22-17(24)14-12-21-16-9-5-6-10-23(16)18(14)25/h3-10,12H,11H2,1-2H3,(H,22,24). The zero-order chi connectivity index (χ0) is 18.0. The predicted octanol–water partition coefficient (Wildman–Crippen LogP) is 3.10. The van der Waals surface area contributed by atoms with Crippen LogP contribution >= 0.6 is 11.6 Å². The van der Waals surface area contributed by atoms with Crippen molar-refractivity contribution in [3.8, 4) is 0 Å². The summed E-state index contributed by atoms with van der Waals surface area (Å²) in [7, 11) is 0. The molecule has 0 aliphatic heterocycles. The van der Waals surface area contributed by atoms with Crippen LogP contribution in [0.1, 0.15) is 29.8 Å². The number of fused-ring (bicyclic) bond motifs is 1. The second kappa shape index (κ2) is 6.69. The van der Waals surface area contributed by atoms with Gasteiger partial charge in [-0.25, -0.2) is 4.98 Å². The molecule has 5 nitrogen and oxygen atoms in total. The molecule has 128 valence electrons. The number of aromatic nitrogens is 2. The highest BCUT2D eigenvalue weighted by molar-refractivity contribution is 6.31. The van der Waals surface area contributed by atoms with Gasteiger partial charge in [0.15, 0.2) is 0 Å². The number of benzene rings is 1. The average Bonchev–Trinajstić information content (AvgIpc) is 2.57. The molecule has 1 aromatic carbocycles. The first-order valence-corrected chi connectivity index (χ1v) is 8.27. The zero-order valence-corrected chi connectivity index (χ0v) is 14.7. The number of nitrogens with one attached hydrogen (secondary N) is 1. The van der Waals surface area contributed by atoms with Crippen molar-refractivity contribution in [2.24, 2.45) is 0 Å². The van der Waals surface area contributed by atoms with Gasteiger partial charge in [0.25, 0.3) is 11.5 Å². The molecular weight excluding hydrogens is 338 g/mol. The fourth-order valence-electron chi connectivity index (χ4n) is 2.72. The summed E-state index contributed by atoms with van der Waals surface area (Å²) >= 11 is 6.20. The third-order valence-electron chi connectivity index (χ3n) is 3.90. The monoisotopic (exact) mass is 355 g/mol. The van der Waals surface area contributed by atoms with E-state index in [1.54, 1.807) is 24.4 Å². The van der Waals surface area contributed by atoms with E-state index in [4.69, 9.17) is 11.6 Å². The number of nitrogens with zero attached hydrogens (tertiary/aromatic N) is 2. The van der Waals surface area contributed by atoms with Crippen molar-refractivity contribution in [2.75, 3.05) is 0 Å². The highest BCUT2D eigenvalue weighted by atomic mass is 35.5. The molecule has 1 N–H and O–H groups in total. The largest absolute Gasteiger partial charge is 0.347 e. The van der Waals surface area contributed by atoms with Crippen molar-refractivity contribution in [3.63, 3.8) is 0 Å². The van der Waals surface area contributed by atoms with E-state index in [1.807, 2.05) is 38.1 Å². The van der Waals surface area contributed by atoms with Crippen LogP contribution in [0, 0.1) is 0 Å². The molecule has 0 aliphatic rings. The van der Waals surface area contributed by atoms with Crippen LogP contribution < -0.4 is 10.9 Å². The van der Waals surface area contributed by atoms with Crippen LogP contribution in [0.4, 0.5) is 0 Å². The van der Waals surface area contributed by atoms with Crippen LogP contribution in [0.25, 0.3) is 5.65 Å². The third-order valence-corrected chi connectivity index (χ3v) is 4.27. The molecule has 3 aromatic rings. The van der Waals surface area contributed by atoms with E-state index in [2.05, 4.69) is 10.3 Å². The van der Waals surface area contributed by atoms with E-state index in [0.29, 0.717) is 17.1 Å². The summed E-state index contributed by atoms with van der Waals surface area (Å²) in [5, 5.41) is 3.55. The van der Waals surface area contributed by atoms with Gasteiger partial charge in [0.05, 0.1) is 0 Å². The Bertz CT molecular complexity index is 995. The number of carbonyl (C=O) groups excluding carboxylic acids is 1. The highest BCUT2D eigenvalue weighted by Crippen LogP contribution is 2.21. The topological polar surface area (TPSA) is 63.5 Å². The van der Waals surface area contributed by atoms with Crippen LogP contribution in [0.2, 0.25) is 5.02 Å². The molecule has 0 bridgehead atoms. The van der Waals surface area contributed by atoms with Gasteiger partial charge in [-0.3, -0.25) is 14.0 Å². The number of rotatable bonds is 4. The van der Waals surface area contributed by atoms with E-state index in [0.717, 1.165) is 5.56 Å². The lowest BCUT2D eigenvalue weighted by molar-refractivity contribution is 0.0911. The van der Waals surface area contributed by atoms with Gasteiger partial charge in [-0.05, 0) is 44.0 Å². The molecule has 0 aliphatic carbocycles. The van der Waals surface area contributed by atoms with E-state index in [9.17, 15) is 9.59 Å². The van der Waals surface area contributed by atoms with Crippen molar-refractivity contribution in [2.45, 2.75) is 25.8 Å². The van der Waals surface area contributed by atoms with Gasteiger partial charge in [-0.1, -0.05) is 35.9 Å². The Balaban J connectivity index is 1.85. The van der Waals surface area contributed by atoms with Crippen molar-refractivity contribution in [3.05, 3.63) is 81.4 Å². The normalized spacial score (nSPS) is 11.5. The number of pyridine rings is 1. The van der Waals surface area contributed by atoms with Crippen molar-refractivity contribution in [1.29, 1.82) is 0 Å². The predicted molar refractivity (Wildman–Crippen MR) is 98.2 cm³/mol. The van der Waals surface area contributed by atoms with Crippen molar-refractivity contribution >= 4 is 23.2 Å². The van der Waals surface area contributed by atoms with E-state index < -0.39 is 17.0 Å². The minimum Gasteiger partial charge on any atom is -0.347 e. The molecule has 0 saturated heterocycles. The van der Waals surface area contributed by atoms with Crippen LogP contribution in [0.3, 0.4) is 0 Å². The maximum Gasteiger partial charge on any atom is 0.270 e. The SMILES string of the molecule is CC(C)(Cc1ccccc1Cl)NC(=O)c1cnc2ccccn2c1=O. The van der Waals surface area contributed by atoms with Gasteiger partial charge in [-0.2, -0.15) is 0 Å². The minimum absolute atomic E-state index is 0.0101. The Morgan fingerprint density at radius 1 is 1.20 bits per heavy atom. The van der Waals surface area contributed by atoms with Crippen LogP contribution in [0.5, 0.6) is 0 Å². The molecule has 0 atom stereocenters. The Hall–Kier alpha value is -2.66. The maximum absolute atomic E-state index is 12.6. The summed E-state index contributed by atoms with van der Waals surface area (Å²) in [5.74, 6) is -0.451. The van der Waals surface area contributed by atoms with E-state index in [1.165, 1.54) is 10.6 Å². The number of amides is 1. The van der Waals surface area contributed by atoms with Crippen molar-refractivity contribution < 1.29 is 4.79 Å². The van der Waals surface area contributed by atoms with Gasteiger partial charge >= 0.3 is 0 Å². The van der Waals surface area contributed by atoms with E-state index >= 15 is 0 Å². The molecule has 0 saturated carbocycles. The molecule has 2 aromatic heterocycles. The first-order chi connectivity index (χ1) is 11.9. The maximum atomic E-state index is 12.6. The lowest BCUT2D eigenvalue weighted by Crippen LogP contribution is -2.46. The summed E-state index contributed by atoms with van der Waals surface area (Å²) in [6, 6.07) is 12.7. The molecule has 0 radical (unpaired) electrons. The fourth-order valence-corrected chi connectivity index (χ4v) is 2.92. The highest BCUT2D eigenvalue weighted by Gasteiger charge is 2.24. The van der Waals surface area contributed by atoms with Gasteiger partial charge in [-0.15, -0.1) is 0 Å². The summed E-state index contributed by atoms with van der Waals surface area (Å²) < 4.78 is 1.36. The summed E-state index contributed by atoms with van der Waals surface area (Å²) in [4.78, 5) is 29.3. The molecule has 6 heteroatoms. The number of hydrogen-bond acceptors (Lipinski definition) is 3. The molecule has 1 amide bonds. The van der Waals surface area contributed by atoms with Gasteiger partial charge < -0.3 is 5.32 Å². The quantitative estimate of drug-likeness (QED) is 0.782. The summed E-state index contributed by atoms with van der Waals surface area (Å²) in [6.45, 7) is 3.78. The zero-order valence-electron chi connectivity index (χ0n) is 14.0. The molecule has 2 heterocycles. The molecular formula is C19H18ClN3O2. The summed E-state index contributed by atoms with van der Waals surface area (Å²) in [5.41, 5.74) is 0.472. The van der Waals surface area contributed by atoms with Crippen LogP contribution in [-0.4, -0.2) is 20.8 Å². The Kier molecular flexibility index (Phi) is 4.59. The van der Waals surface area contributed by atoms with Gasteiger partial charge in [0.2, 0.25) is 0 Å². The molecule has 0 unspecified atom stereocenters. The van der Waals surface area contributed by atoms with Gasteiger partial charge in [0.1, 0.15) is 11.2 Å². The van der Waals surface area contributed by atoms with Crippen LogP contribution in [0.15, 0.2) is 59.7 Å². The smallest absolute Gasteiger partial charge is 0.270 e.